The number of nitrogens with zero attached hydrogens (tertiary/aromatic N) is 1. The molecule has 1 N–H and O–H groups in total. The van der Waals surface area contributed by atoms with Crippen LogP contribution in [-0.2, 0) is 10.0 Å². The summed E-state index contributed by atoms with van der Waals surface area (Å²) in [4.78, 5) is 2.60. The fourth-order valence-electron chi connectivity index (χ4n) is 2.57. The Morgan fingerprint density at radius 3 is 2.47 bits per heavy atom. The standard InChI is InChI=1S/C14H22N2O2S/c1-16(13-7-5-6-8-13)12-11-15-19(17,18)14-9-3-2-4-10-14/h2-4,9-10,13,15H,5-8,11-12H2,1H3. The summed E-state index contributed by atoms with van der Waals surface area (Å²) >= 11 is 0. The van der Waals surface area contributed by atoms with Crippen LogP contribution in [-0.4, -0.2) is 39.5 Å². The zero-order valence-electron chi connectivity index (χ0n) is 11.4. The normalized spacial score (nSPS) is 17.2. The SMILES string of the molecule is CN(CCNS(=O)(=O)c1ccccc1)C1CCCC1. The predicted octanol–water partition coefficient (Wildman–Crippen LogP) is 1.84. The van der Waals surface area contributed by atoms with E-state index in [0.29, 0.717) is 17.5 Å². The van der Waals surface area contributed by atoms with Gasteiger partial charge in [0.15, 0.2) is 0 Å². The first-order chi connectivity index (χ1) is 9.09. The molecule has 0 radical (unpaired) electrons. The van der Waals surface area contributed by atoms with Crippen LogP contribution < -0.4 is 4.72 Å². The maximum atomic E-state index is 12.0. The molecule has 5 heteroatoms. The second-order valence-electron chi connectivity index (χ2n) is 5.13. The van der Waals surface area contributed by atoms with Gasteiger partial charge in [0.25, 0.3) is 0 Å². The Hall–Kier alpha value is -0.910. The number of nitrogens with one attached hydrogen (secondary N) is 1. The van der Waals surface area contributed by atoms with Crippen molar-refractivity contribution in [3.05, 3.63) is 30.3 Å². The third-order valence-corrected chi connectivity index (χ3v) is 5.24. The fourth-order valence-corrected chi connectivity index (χ4v) is 3.61. The lowest BCUT2D eigenvalue weighted by Crippen LogP contribution is -2.37. The second kappa shape index (κ2) is 6.50. The number of benzene rings is 1. The Morgan fingerprint density at radius 1 is 1.21 bits per heavy atom. The van der Waals surface area contributed by atoms with E-state index in [-0.39, 0.29) is 0 Å². The van der Waals surface area contributed by atoms with Crippen molar-refractivity contribution in [3.63, 3.8) is 0 Å². The summed E-state index contributed by atoms with van der Waals surface area (Å²) in [5.74, 6) is 0. The summed E-state index contributed by atoms with van der Waals surface area (Å²) < 4.78 is 26.7. The Morgan fingerprint density at radius 2 is 1.84 bits per heavy atom. The minimum absolute atomic E-state index is 0.332. The van der Waals surface area contributed by atoms with Gasteiger partial charge in [0.1, 0.15) is 0 Å². The molecule has 0 aliphatic heterocycles. The maximum absolute atomic E-state index is 12.0. The summed E-state index contributed by atoms with van der Waals surface area (Å²) in [6.45, 7) is 1.22. The zero-order valence-corrected chi connectivity index (χ0v) is 12.2. The van der Waals surface area contributed by atoms with Crippen molar-refractivity contribution in [2.75, 3.05) is 20.1 Å². The molecule has 0 heterocycles. The molecule has 4 nitrogen and oxygen atoms in total. The average molecular weight is 282 g/mol. The largest absolute Gasteiger partial charge is 0.302 e. The van der Waals surface area contributed by atoms with Crippen molar-refractivity contribution >= 4 is 10.0 Å². The Labute approximate surface area is 115 Å². The van der Waals surface area contributed by atoms with E-state index in [2.05, 4.69) is 16.7 Å². The lowest BCUT2D eigenvalue weighted by atomic mass is 10.2. The first-order valence-corrected chi connectivity index (χ1v) is 8.33. The summed E-state index contributed by atoms with van der Waals surface area (Å²) in [6, 6.07) is 9.14. The molecule has 1 aromatic rings. The van der Waals surface area contributed by atoms with Crippen LogP contribution in [0, 0.1) is 0 Å². The van der Waals surface area contributed by atoms with Gasteiger partial charge in [0.05, 0.1) is 4.90 Å². The van der Waals surface area contributed by atoms with Crippen LogP contribution in [0.5, 0.6) is 0 Å². The van der Waals surface area contributed by atoms with Crippen LogP contribution >= 0.6 is 0 Å². The van der Waals surface area contributed by atoms with Crippen LogP contribution in [0.3, 0.4) is 0 Å². The molecule has 2 rings (SSSR count). The Balaban J connectivity index is 1.82. The highest BCUT2D eigenvalue weighted by molar-refractivity contribution is 7.89. The first kappa shape index (κ1) is 14.5. The van der Waals surface area contributed by atoms with Crippen LogP contribution in [0.2, 0.25) is 0 Å². The van der Waals surface area contributed by atoms with E-state index in [1.165, 1.54) is 25.7 Å². The third-order valence-electron chi connectivity index (χ3n) is 3.76. The molecule has 0 spiro atoms. The quantitative estimate of drug-likeness (QED) is 0.866. The minimum Gasteiger partial charge on any atom is -0.302 e. The molecule has 1 aliphatic rings. The van der Waals surface area contributed by atoms with Crippen molar-refractivity contribution in [3.8, 4) is 0 Å². The number of sulfonamides is 1. The summed E-state index contributed by atoms with van der Waals surface area (Å²) in [5, 5.41) is 0. The van der Waals surface area contributed by atoms with E-state index >= 15 is 0 Å². The number of rotatable bonds is 6. The molecule has 1 fully saturated rings. The Kier molecular flexibility index (Phi) is 4.96. The van der Waals surface area contributed by atoms with Crippen molar-refractivity contribution in [2.45, 2.75) is 36.6 Å². The van der Waals surface area contributed by atoms with E-state index in [1.54, 1.807) is 24.3 Å². The number of hydrogen-bond acceptors (Lipinski definition) is 3. The molecule has 0 saturated heterocycles. The van der Waals surface area contributed by atoms with Gasteiger partial charge in [-0.2, -0.15) is 0 Å². The van der Waals surface area contributed by atoms with Gasteiger partial charge < -0.3 is 4.90 Å². The fraction of sp³-hybridized carbons (Fsp3) is 0.571. The van der Waals surface area contributed by atoms with Crippen LogP contribution in [0.25, 0.3) is 0 Å². The maximum Gasteiger partial charge on any atom is 0.240 e. The van der Waals surface area contributed by atoms with E-state index in [9.17, 15) is 8.42 Å². The molecule has 0 bridgehead atoms. The molecule has 106 valence electrons. The summed E-state index contributed by atoms with van der Waals surface area (Å²) in [7, 11) is -1.28. The van der Waals surface area contributed by atoms with Gasteiger partial charge in [-0.25, -0.2) is 13.1 Å². The highest BCUT2D eigenvalue weighted by Crippen LogP contribution is 2.21. The monoisotopic (exact) mass is 282 g/mol. The second-order valence-corrected chi connectivity index (χ2v) is 6.90. The predicted molar refractivity (Wildman–Crippen MR) is 76.5 cm³/mol. The van der Waals surface area contributed by atoms with Gasteiger partial charge in [-0.15, -0.1) is 0 Å². The molecule has 0 amide bonds. The van der Waals surface area contributed by atoms with E-state index < -0.39 is 10.0 Å². The van der Waals surface area contributed by atoms with E-state index in [0.717, 1.165) is 6.54 Å². The zero-order chi connectivity index (χ0) is 13.7. The lowest BCUT2D eigenvalue weighted by Gasteiger charge is -2.23. The number of likely N-dealkylation sites (N-methyl/N-ethyl adjacent to an activating group) is 1. The third kappa shape index (κ3) is 4.03. The van der Waals surface area contributed by atoms with Gasteiger partial charge in [0, 0.05) is 19.1 Å². The smallest absolute Gasteiger partial charge is 0.240 e. The van der Waals surface area contributed by atoms with Crippen molar-refractivity contribution < 1.29 is 8.42 Å². The van der Waals surface area contributed by atoms with Crippen LogP contribution in [0.4, 0.5) is 0 Å². The van der Waals surface area contributed by atoms with Crippen LogP contribution in [0.15, 0.2) is 35.2 Å². The van der Waals surface area contributed by atoms with Crippen molar-refractivity contribution in [1.82, 2.24) is 9.62 Å². The van der Waals surface area contributed by atoms with E-state index in [4.69, 9.17) is 0 Å². The van der Waals surface area contributed by atoms with E-state index in [1.807, 2.05) is 6.07 Å². The molecular formula is C14H22N2O2S. The van der Waals surface area contributed by atoms with Crippen molar-refractivity contribution in [2.24, 2.45) is 0 Å². The van der Waals surface area contributed by atoms with Gasteiger partial charge in [-0.1, -0.05) is 31.0 Å². The molecular weight excluding hydrogens is 260 g/mol. The van der Waals surface area contributed by atoms with Gasteiger partial charge in [-0.3, -0.25) is 0 Å². The number of hydrogen-bond donors (Lipinski definition) is 1. The Bertz CT molecular complexity index is 481. The molecule has 0 aromatic heterocycles. The van der Waals surface area contributed by atoms with Gasteiger partial charge in [-0.05, 0) is 32.0 Å². The molecule has 1 aromatic carbocycles. The lowest BCUT2D eigenvalue weighted by molar-refractivity contribution is 0.250. The van der Waals surface area contributed by atoms with Crippen molar-refractivity contribution in [1.29, 1.82) is 0 Å². The first-order valence-electron chi connectivity index (χ1n) is 6.84. The summed E-state index contributed by atoms with van der Waals surface area (Å²) in [6.07, 6.45) is 5.07. The summed E-state index contributed by atoms with van der Waals surface area (Å²) in [5.41, 5.74) is 0. The highest BCUT2D eigenvalue weighted by Gasteiger charge is 2.19. The van der Waals surface area contributed by atoms with Crippen LogP contribution in [0.1, 0.15) is 25.7 Å². The average Bonchev–Trinajstić information content (AvgIpc) is 2.93. The molecule has 1 aliphatic carbocycles. The minimum atomic E-state index is -3.36. The molecule has 19 heavy (non-hydrogen) atoms. The molecule has 0 unspecified atom stereocenters. The molecule has 1 saturated carbocycles. The molecule has 0 atom stereocenters. The highest BCUT2D eigenvalue weighted by atomic mass is 32.2. The van der Waals surface area contributed by atoms with Gasteiger partial charge >= 0.3 is 0 Å². The topological polar surface area (TPSA) is 49.4 Å². The van der Waals surface area contributed by atoms with Gasteiger partial charge in [0.2, 0.25) is 10.0 Å².